The number of benzene rings is 1. The third kappa shape index (κ3) is 2.91. The summed E-state index contributed by atoms with van der Waals surface area (Å²) in [6.45, 7) is 3.11. The van der Waals surface area contributed by atoms with Crippen LogP contribution in [0.5, 0.6) is 0 Å². The van der Waals surface area contributed by atoms with Gasteiger partial charge in [0.2, 0.25) is 0 Å². The third-order valence-electron chi connectivity index (χ3n) is 6.62. The van der Waals surface area contributed by atoms with Crippen molar-refractivity contribution in [3.8, 4) is 6.07 Å². The maximum Gasteiger partial charge on any atom is 0.407 e. The van der Waals surface area contributed by atoms with E-state index in [2.05, 4.69) is 16.4 Å². The lowest BCUT2D eigenvalue weighted by Gasteiger charge is -2.44. The zero-order chi connectivity index (χ0) is 20.9. The van der Waals surface area contributed by atoms with E-state index in [0.717, 1.165) is 35.1 Å². The van der Waals surface area contributed by atoms with E-state index in [1.54, 1.807) is 12.4 Å². The lowest BCUT2D eigenvalue weighted by molar-refractivity contribution is -0.0554. The molecule has 1 saturated heterocycles. The van der Waals surface area contributed by atoms with Gasteiger partial charge in [-0.05, 0) is 54.9 Å². The maximum absolute atomic E-state index is 13.2. The number of nitrogens with zero attached hydrogens (tertiary/aromatic N) is 3. The molecule has 2 amide bonds. The molecule has 2 fully saturated rings. The first kappa shape index (κ1) is 18.6. The minimum Gasteiger partial charge on any atom is -0.441 e. The fourth-order valence-corrected chi connectivity index (χ4v) is 5.16. The molecule has 3 aliphatic rings. The van der Waals surface area contributed by atoms with Crippen molar-refractivity contribution >= 4 is 12.0 Å². The van der Waals surface area contributed by atoms with Crippen molar-refractivity contribution in [1.82, 2.24) is 15.2 Å². The van der Waals surface area contributed by atoms with Crippen LogP contribution in [0, 0.1) is 24.2 Å². The number of carbonyl (C=O) groups is 2. The number of fused-ring (bicyclic) bond motifs is 1. The van der Waals surface area contributed by atoms with Gasteiger partial charge < -0.3 is 15.0 Å². The molecule has 1 spiro atoms. The molecule has 1 aromatic carbocycles. The Hall–Kier alpha value is -3.40. The number of amides is 2. The molecule has 1 aromatic heterocycles. The molecular formula is C23H22N4O3. The van der Waals surface area contributed by atoms with Gasteiger partial charge in [0.25, 0.3) is 5.91 Å². The van der Waals surface area contributed by atoms with Crippen LogP contribution in [-0.4, -0.2) is 40.6 Å². The number of aromatic nitrogens is 1. The summed E-state index contributed by atoms with van der Waals surface area (Å²) in [7, 11) is 0. The highest BCUT2D eigenvalue weighted by atomic mass is 16.6. The summed E-state index contributed by atoms with van der Waals surface area (Å²) in [5.74, 6) is 0.316. The van der Waals surface area contributed by atoms with Crippen LogP contribution in [0.25, 0.3) is 0 Å². The van der Waals surface area contributed by atoms with E-state index < -0.39 is 5.60 Å². The van der Waals surface area contributed by atoms with Gasteiger partial charge in [-0.25, -0.2) is 4.79 Å². The molecule has 1 saturated carbocycles. The van der Waals surface area contributed by atoms with E-state index in [1.165, 1.54) is 0 Å². The Morgan fingerprint density at radius 1 is 1.30 bits per heavy atom. The molecule has 2 aromatic rings. The van der Waals surface area contributed by atoms with Crippen molar-refractivity contribution in [1.29, 1.82) is 5.26 Å². The van der Waals surface area contributed by atoms with E-state index in [0.29, 0.717) is 25.1 Å². The number of hydrogen-bond acceptors (Lipinski definition) is 5. The van der Waals surface area contributed by atoms with Crippen LogP contribution < -0.4 is 5.32 Å². The Kier molecular flexibility index (Phi) is 4.24. The van der Waals surface area contributed by atoms with Gasteiger partial charge in [-0.2, -0.15) is 5.26 Å². The van der Waals surface area contributed by atoms with E-state index >= 15 is 0 Å². The molecule has 1 unspecified atom stereocenters. The molecule has 0 radical (unpaired) electrons. The van der Waals surface area contributed by atoms with Gasteiger partial charge in [-0.1, -0.05) is 18.2 Å². The van der Waals surface area contributed by atoms with Gasteiger partial charge >= 0.3 is 6.09 Å². The SMILES string of the molecule is Cc1cncc(C#N)c1CC1c2ccccc2C(=O)N1CC1CC2(CNC(=O)O2)C1. The zero-order valence-electron chi connectivity index (χ0n) is 16.7. The van der Waals surface area contributed by atoms with Crippen LogP contribution in [0.15, 0.2) is 36.7 Å². The highest BCUT2D eigenvalue weighted by Crippen LogP contribution is 2.45. The van der Waals surface area contributed by atoms with E-state index in [9.17, 15) is 14.9 Å². The first-order chi connectivity index (χ1) is 14.5. The van der Waals surface area contributed by atoms with Crippen molar-refractivity contribution in [2.24, 2.45) is 5.92 Å². The second-order valence-corrected chi connectivity index (χ2v) is 8.56. The van der Waals surface area contributed by atoms with E-state index in [4.69, 9.17) is 4.74 Å². The molecule has 1 aliphatic carbocycles. The van der Waals surface area contributed by atoms with Gasteiger partial charge in [0.05, 0.1) is 18.2 Å². The summed E-state index contributed by atoms with van der Waals surface area (Å²) in [5, 5.41) is 12.3. The van der Waals surface area contributed by atoms with Crippen molar-refractivity contribution in [3.63, 3.8) is 0 Å². The Balaban J connectivity index is 1.41. The highest BCUT2D eigenvalue weighted by Gasteiger charge is 2.52. The van der Waals surface area contributed by atoms with Crippen molar-refractivity contribution in [2.45, 2.75) is 37.8 Å². The fraction of sp³-hybridized carbons (Fsp3) is 0.391. The molecule has 30 heavy (non-hydrogen) atoms. The average molecular weight is 402 g/mol. The number of pyridine rings is 1. The largest absolute Gasteiger partial charge is 0.441 e. The van der Waals surface area contributed by atoms with Gasteiger partial charge in [0.1, 0.15) is 11.7 Å². The standard InChI is InChI=1S/C23H22N4O3/c1-14-10-25-11-16(9-24)19(14)6-20-17-4-2-3-5-18(17)21(28)27(20)12-15-7-23(8-15)13-26-22(29)30-23/h2-5,10-11,15,20H,6-8,12-13H2,1H3,(H,26,29). The minimum atomic E-state index is -0.400. The maximum atomic E-state index is 13.2. The number of nitrogens with one attached hydrogen (secondary N) is 1. The quantitative estimate of drug-likeness (QED) is 0.848. The smallest absolute Gasteiger partial charge is 0.407 e. The molecule has 2 aliphatic heterocycles. The summed E-state index contributed by atoms with van der Waals surface area (Å²) < 4.78 is 5.44. The van der Waals surface area contributed by atoms with Gasteiger partial charge in [0, 0.05) is 24.5 Å². The summed E-state index contributed by atoms with van der Waals surface area (Å²) in [4.78, 5) is 30.7. The predicted molar refractivity (Wildman–Crippen MR) is 108 cm³/mol. The average Bonchev–Trinajstić information content (AvgIpc) is 3.23. The first-order valence-electron chi connectivity index (χ1n) is 10.2. The molecule has 7 nitrogen and oxygen atoms in total. The molecule has 1 N–H and O–H groups in total. The topological polar surface area (TPSA) is 95.3 Å². The number of aryl methyl sites for hydroxylation is 1. The summed E-state index contributed by atoms with van der Waals surface area (Å²) >= 11 is 0. The number of alkyl carbamates (subject to hydrolysis) is 1. The van der Waals surface area contributed by atoms with Crippen molar-refractivity contribution in [3.05, 3.63) is 64.5 Å². The first-order valence-corrected chi connectivity index (χ1v) is 10.2. The Bertz CT molecular complexity index is 1080. The number of nitriles is 1. The summed E-state index contributed by atoms with van der Waals surface area (Å²) in [5.41, 5.74) is 3.78. The number of rotatable bonds is 4. The van der Waals surface area contributed by atoms with Crippen LogP contribution in [0.1, 0.15) is 51.5 Å². The molecule has 5 rings (SSSR count). The summed E-state index contributed by atoms with van der Waals surface area (Å²) in [6, 6.07) is 9.84. The number of carbonyl (C=O) groups excluding carboxylic acids is 2. The number of ether oxygens (including phenoxy) is 1. The molecule has 7 heteroatoms. The molecule has 0 bridgehead atoms. The molecule has 3 heterocycles. The second-order valence-electron chi connectivity index (χ2n) is 8.56. The monoisotopic (exact) mass is 402 g/mol. The van der Waals surface area contributed by atoms with Crippen LogP contribution in [0.3, 0.4) is 0 Å². The minimum absolute atomic E-state index is 0.0308. The molecule has 1 atom stereocenters. The Morgan fingerprint density at radius 3 is 2.83 bits per heavy atom. The fourth-order valence-electron chi connectivity index (χ4n) is 5.16. The van der Waals surface area contributed by atoms with E-state index in [-0.39, 0.29) is 24.0 Å². The molecule has 152 valence electrons. The lowest BCUT2D eigenvalue weighted by atomic mass is 9.70. The third-order valence-corrected chi connectivity index (χ3v) is 6.62. The van der Waals surface area contributed by atoms with Crippen LogP contribution in [-0.2, 0) is 11.2 Å². The van der Waals surface area contributed by atoms with Gasteiger partial charge in [0.15, 0.2) is 0 Å². The van der Waals surface area contributed by atoms with Crippen LogP contribution in [0.2, 0.25) is 0 Å². The van der Waals surface area contributed by atoms with Crippen molar-refractivity contribution in [2.75, 3.05) is 13.1 Å². The second kappa shape index (κ2) is 6.84. The highest BCUT2D eigenvalue weighted by molar-refractivity contribution is 5.99. The number of hydrogen-bond donors (Lipinski definition) is 1. The zero-order valence-corrected chi connectivity index (χ0v) is 16.7. The summed E-state index contributed by atoms with van der Waals surface area (Å²) in [6.07, 6.45) is 5.10. The van der Waals surface area contributed by atoms with Crippen molar-refractivity contribution < 1.29 is 14.3 Å². The van der Waals surface area contributed by atoms with Crippen LogP contribution in [0.4, 0.5) is 4.79 Å². The van der Waals surface area contributed by atoms with Gasteiger partial charge in [-0.15, -0.1) is 0 Å². The Morgan fingerprint density at radius 2 is 2.10 bits per heavy atom. The Labute approximate surface area is 174 Å². The molecular weight excluding hydrogens is 380 g/mol. The lowest BCUT2D eigenvalue weighted by Crippen LogP contribution is -2.51. The normalized spacial score (nSPS) is 26.7. The van der Waals surface area contributed by atoms with Crippen LogP contribution >= 0.6 is 0 Å². The van der Waals surface area contributed by atoms with E-state index in [1.807, 2.05) is 36.1 Å². The predicted octanol–water partition coefficient (Wildman–Crippen LogP) is 2.89. The van der Waals surface area contributed by atoms with Gasteiger partial charge in [-0.3, -0.25) is 9.78 Å².